The number of piperazine rings is 1. The van der Waals surface area contributed by atoms with Crippen LogP contribution in [-0.4, -0.2) is 73.5 Å². The number of pyridine rings is 1. The van der Waals surface area contributed by atoms with Crippen LogP contribution in [-0.2, 0) is 10.0 Å². The highest BCUT2D eigenvalue weighted by atomic mass is 32.2. The number of piperidine rings is 1. The van der Waals surface area contributed by atoms with Crippen molar-refractivity contribution in [3.63, 3.8) is 0 Å². The Balaban J connectivity index is 1.61. The molecule has 0 unspecified atom stereocenters. The number of anilines is 1. The maximum absolute atomic E-state index is 13.5. The summed E-state index contributed by atoms with van der Waals surface area (Å²) in [5, 5.41) is 12.4. The highest BCUT2D eigenvalue weighted by Gasteiger charge is 2.34. The van der Waals surface area contributed by atoms with Gasteiger partial charge in [-0.05, 0) is 38.1 Å². The molecule has 4 rings (SSSR count). The largest absolute Gasteiger partial charge is 0.370 e. The molecule has 0 saturated carbocycles. The molecule has 0 N–H and O–H groups in total. The molecule has 2 aliphatic heterocycles. The van der Waals surface area contributed by atoms with E-state index in [9.17, 15) is 18.5 Å². The zero-order chi connectivity index (χ0) is 22.2. The molecule has 0 aromatic carbocycles. The summed E-state index contributed by atoms with van der Waals surface area (Å²) in [6.45, 7) is 6.41. The Morgan fingerprint density at radius 2 is 1.90 bits per heavy atom. The van der Waals surface area contributed by atoms with Crippen LogP contribution in [0.1, 0.15) is 37.0 Å². The van der Waals surface area contributed by atoms with Crippen molar-refractivity contribution in [1.82, 2.24) is 14.2 Å². The lowest BCUT2D eigenvalue weighted by Crippen LogP contribution is -2.51. The smallest absolute Gasteiger partial charge is 0.257 e. The van der Waals surface area contributed by atoms with E-state index < -0.39 is 10.0 Å². The number of fused-ring (bicyclic) bond motifs is 1. The summed E-state index contributed by atoms with van der Waals surface area (Å²) < 4.78 is 25.7. The lowest BCUT2D eigenvalue weighted by atomic mass is 9.81. The van der Waals surface area contributed by atoms with Gasteiger partial charge in [0.15, 0.2) is 0 Å². The molecule has 0 aliphatic carbocycles. The fourth-order valence-electron chi connectivity index (χ4n) is 4.27. The van der Waals surface area contributed by atoms with Gasteiger partial charge in [-0.3, -0.25) is 4.79 Å². The molecule has 10 heteroatoms. The predicted octanol–water partition coefficient (Wildman–Crippen LogP) is 2.53. The quantitative estimate of drug-likeness (QED) is 0.694. The summed E-state index contributed by atoms with van der Waals surface area (Å²) in [5.41, 5.74) is 1.11. The van der Waals surface area contributed by atoms with E-state index in [2.05, 4.69) is 16.0 Å². The number of sulfonamides is 1. The van der Waals surface area contributed by atoms with Crippen LogP contribution in [0.15, 0.2) is 17.6 Å². The molecule has 2 aliphatic rings. The number of nitriles is 1. The molecule has 166 valence electrons. The van der Waals surface area contributed by atoms with E-state index in [0.717, 1.165) is 28.7 Å². The van der Waals surface area contributed by atoms with Gasteiger partial charge in [-0.15, -0.1) is 11.3 Å². The van der Waals surface area contributed by atoms with Crippen molar-refractivity contribution in [2.45, 2.75) is 26.7 Å². The lowest BCUT2D eigenvalue weighted by Gasteiger charge is -2.38. The van der Waals surface area contributed by atoms with Crippen LogP contribution in [0.4, 0.5) is 5.69 Å². The first-order chi connectivity index (χ1) is 14.8. The summed E-state index contributed by atoms with van der Waals surface area (Å²) >= 11 is 1.54. The Hall–Kier alpha value is -2.22. The van der Waals surface area contributed by atoms with Gasteiger partial charge in [-0.2, -0.15) is 9.57 Å². The Kier molecular flexibility index (Phi) is 5.94. The summed E-state index contributed by atoms with van der Waals surface area (Å²) in [7, 11) is -3.25. The molecule has 1 amide bonds. The Morgan fingerprint density at radius 1 is 1.23 bits per heavy atom. The Morgan fingerprint density at radius 3 is 2.52 bits per heavy atom. The molecule has 0 spiro atoms. The average Bonchev–Trinajstić information content (AvgIpc) is 3.28. The highest BCUT2D eigenvalue weighted by Crippen LogP contribution is 2.38. The summed E-state index contributed by atoms with van der Waals surface area (Å²) in [5.74, 6) is -0.0433. The van der Waals surface area contributed by atoms with Crippen LogP contribution in [0.5, 0.6) is 0 Å². The van der Waals surface area contributed by atoms with Gasteiger partial charge in [0.1, 0.15) is 4.83 Å². The van der Waals surface area contributed by atoms with Gasteiger partial charge < -0.3 is 9.80 Å². The van der Waals surface area contributed by atoms with Crippen LogP contribution in [0.3, 0.4) is 0 Å². The molecule has 2 aromatic heterocycles. The maximum atomic E-state index is 13.5. The van der Waals surface area contributed by atoms with Crippen LogP contribution < -0.4 is 4.90 Å². The lowest BCUT2D eigenvalue weighted by molar-refractivity contribution is 0.0698. The van der Waals surface area contributed by atoms with Gasteiger partial charge >= 0.3 is 0 Å². The summed E-state index contributed by atoms with van der Waals surface area (Å²) in [6, 6.07) is 4.43. The van der Waals surface area contributed by atoms with E-state index in [1.165, 1.54) is 4.31 Å². The van der Waals surface area contributed by atoms with Crippen molar-refractivity contribution in [2.75, 3.05) is 49.9 Å². The van der Waals surface area contributed by atoms with Gasteiger partial charge in [0.2, 0.25) is 10.0 Å². The van der Waals surface area contributed by atoms with Gasteiger partial charge in [0.25, 0.3) is 5.91 Å². The van der Waals surface area contributed by atoms with E-state index >= 15 is 0 Å². The number of rotatable bonds is 4. The Labute approximate surface area is 187 Å². The maximum Gasteiger partial charge on any atom is 0.257 e. The molecular formula is C21H27N5O3S2. The summed E-state index contributed by atoms with van der Waals surface area (Å²) in [6.07, 6.45) is 3.15. The number of amides is 1. The van der Waals surface area contributed by atoms with Crippen molar-refractivity contribution < 1.29 is 13.2 Å². The Bertz CT molecular complexity index is 1120. The minimum atomic E-state index is -3.25. The van der Waals surface area contributed by atoms with Crippen LogP contribution in [0.25, 0.3) is 10.2 Å². The van der Waals surface area contributed by atoms with Gasteiger partial charge in [-0.1, -0.05) is 0 Å². The normalized spacial score (nSPS) is 20.0. The molecular weight excluding hydrogens is 434 g/mol. The van der Waals surface area contributed by atoms with E-state index in [1.54, 1.807) is 29.4 Å². The second-order valence-corrected chi connectivity index (χ2v) is 11.6. The van der Waals surface area contributed by atoms with Crippen LogP contribution in [0.2, 0.25) is 0 Å². The molecule has 0 atom stereocenters. The van der Waals surface area contributed by atoms with E-state index in [-0.39, 0.29) is 17.1 Å². The highest BCUT2D eigenvalue weighted by molar-refractivity contribution is 7.89. The van der Waals surface area contributed by atoms with Gasteiger partial charge in [-0.25, -0.2) is 13.4 Å². The number of carbonyl (C=O) groups excluding carboxylic acids is 1. The summed E-state index contributed by atoms with van der Waals surface area (Å²) in [4.78, 5) is 22.8. The molecule has 8 nitrogen and oxygen atoms in total. The van der Waals surface area contributed by atoms with Crippen molar-refractivity contribution in [1.29, 1.82) is 5.26 Å². The molecule has 31 heavy (non-hydrogen) atoms. The minimum absolute atomic E-state index is 0.0699. The number of carbonyl (C=O) groups is 1. The molecule has 2 fully saturated rings. The fraction of sp³-hybridized carbons (Fsp3) is 0.571. The molecule has 2 saturated heterocycles. The van der Waals surface area contributed by atoms with E-state index in [4.69, 9.17) is 0 Å². The van der Waals surface area contributed by atoms with Gasteiger partial charge in [0.05, 0.1) is 28.5 Å². The first-order valence-corrected chi connectivity index (χ1v) is 13.1. The topological polar surface area (TPSA) is 97.6 Å². The van der Waals surface area contributed by atoms with Crippen molar-refractivity contribution in [2.24, 2.45) is 5.41 Å². The average molecular weight is 462 g/mol. The molecule has 0 radical (unpaired) electrons. The molecule has 0 bridgehead atoms. The van der Waals surface area contributed by atoms with Crippen LogP contribution in [0, 0.1) is 16.7 Å². The first-order valence-electron chi connectivity index (χ1n) is 10.6. The second-order valence-electron chi connectivity index (χ2n) is 8.41. The van der Waals surface area contributed by atoms with E-state index in [0.29, 0.717) is 44.8 Å². The van der Waals surface area contributed by atoms with E-state index in [1.807, 2.05) is 18.4 Å². The number of aromatic nitrogens is 1. The second kappa shape index (κ2) is 8.37. The predicted molar refractivity (Wildman–Crippen MR) is 122 cm³/mol. The third-order valence-corrected chi connectivity index (χ3v) is 9.14. The fourth-order valence-corrected chi connectivity index (χ4v) is 6.09. The third-order valence-electron chi connectivity index (χ3n) is 6.43. The van der Waals surface area contributed by atoms with Crippen molar-refractivity contribution in [3.05, 3.63) is 23.2 Å². The molecule has 2 aromatic rings. The molecule has 4 heterocycles. The number of nitrogens with zero attached hydrogens (tertiary/aromatic N) is 5. The number of hydrogen-bond acceptors (Lipinski definition) is 7. The minimum Gasteiger partial charge on any atom is -0.370 e. The van der Waals surface area contributed by atoms with Crippen molar-refractivity contribution in [3.8, 4) is 6.07 Å². The SMILES string of the molecule is CCS(=O)(=O)N1CCN(C(=O)c2cnc3sccc3c2N2CCC(C)(C#N)CC2)CC1. The third kappa shape index (κ3) is 4.14. The van der Waals surface area contributed by atoms with Gasteiger partial charge in [0, 0.05) is 50.9 Å². The monoisotopic (exact) mass is 461 g/mol. The standard InChI is InChI=1S/C21H27N5O3S2/c1-3-31(28,29)26-11-9-25(10-12-26)20(27)17-14-23-19-16(4-13-30-19)18(17)24-7-5-21(2,15-22)6-8-24/h4,13-14H,3,5-12H2,1-2H3. The zero-order valence-electron chi connectivity index (χ0n) is 17.9. The van der Waals surface area contributed by atoms with Crippen LogP contribution >= 0.6 is 11.3 Å². The number of hydrogen-bond donors (Lipinski definition) is 0. The zero-order valence-corrected chi connectivity index (χ0v) is 19.5. The first kappa shape index (κ1) is 22.0. The van der Waals surface area contributed by atoms with Crippen molar-refractivity contribution >= 4 is 43.2 Å². The number of thiophene rings is 1.